The smallest absolute Gasteiger partial charge is 0.325 e. The Bertz CT molecular complexity index is 597. The van der Waals surface area contributed by atoms with Gasteiger partial charge in [-0.05, 0) is 37.1 Å². The van der Waals surface area contributed by atoms with Crippen molar-refractivity contribution in [3.05, 3.63) is 30.1 Å². The zero-order valence-corrected chi connectivity index (χ0v) is 12.6. The van der Waals surface area contributed by atoms with Gasteiger partial charge in [0.2, 0.25) is 10.0 Å². The maximum Gasteiger partial charge on any atom is 0.325 e. The molecule has 1 N–H and O–H groups in total. The lowest BCUT2D eigenvalue weighted by Crippen LogP contribution is -2.56. The number of nitrogens with zero attached hydrogens (tertiary/aromatic N) is 1. The largest absolute Gasteiger partial charge is 0.480 e. The molecule has 7 heteroatoms. The topological polar surface area (TPSA) is 74.7 Å². The molecule has 5 nitrogen and oxygen atoms in total. The van der Waals surface area contributed by atoms with Crippen molar-refractivity contribution in [2.45, 2.75) is 31.2 Å². The van der Waals surface area contributed by atoms with Gasteiger partial charge in [0.15, 0.2) is 0 Å². The van der Waals surface area contributed by atoms with Crippen LogP contribution in [-0.2, 0) is 14.8 Å². The van der Waals surface area contributed by atoms with Crippen LogP contribution >= 0.6 is 0 Å². The molecule has 1 aromatic carbocycles. The van der Waals surface area contributed by atoms with Crippen molar-refractivity contribution in [3.8, 4) is 0 Å². The van der Waals surface area contributed by atoms with Gasteiger partial charge in [0.25, 0.3) is 0 Å². The standard InChI is InChI=1S/C13H18FNO4S/c1-9(2)13(3,12(16)17)15(4)20(18,19)11-7-5-10(14)6-8-11/h5-9H,1-4H3,(H,16,17). The van der Waals surface area contributed by atoms with E-state index in [1.54, 1.807) is 13.8 Å². The summed E-state index contributed by atoms with van der Waals surface area (Å²) in [6.07, 6.45) is 0. The van der Waals surface area contributed by atoms with Gasteiger partial charge in [-0.1, -0.05) is 13.8 Å². The van der Waals surface area contributed by atoms with E-state index in [0.717, 1.165) is 28.6 Å². The predicted molar refractivity (Wildman–Crippen MR) is 72.2 cm³/mol. The third kappa shape index (κ3) is 2.69. The SMILES string of the molecule is CC(C)C(C)(C(=O)O)N(C)S(=O)(=O)c1ccc(F)cc1. The molecule has 1 aromatic rings. The highest BCUT2D eigenvalue weighted by Gasteiger charge is 2.46. The van der Waals surface area contributed by atoms with Crippen molar-refractivity contribution in [2.24, 2.45) is 5.92 Å². The number of carbonyl (C=O) groups is 1. The predicted octanol–water partition coefficient (Wildman–Crippen LogP) is 1.95. The summed E-state index contributed by atoms with van der Waals surface area (Å²) in [6, 6.07) is 4.27. The van der Waals surface area contributed by atoms with E-state index in [2.05, 4.69) is 0 Å². The Balaban J connectivity index is 3.34. The van der Waals surface area contributed by atoms with E-state index in [-0.39, 0.29) is 4.90 Å². The Labute approximate surface area is 118 Å². The summed E-state index contributed by atoms with van der Waals surface area (Å²) < 4.78 is 38.6. The number of sulfonamides is 1. The van der Waals surface area contributed by atoms with Crippen molar-refractivity contribution >= 4 is 16.0 Å². The minimum atomic E-state index is -4.02. The molecule has 112 valence electrons. The first-order valence-corrected chi connectivity index (χ1v) is 7.46. The number of benzene rings is 1. The van der Waals surface area contributed by atoms with Crippen LogP contribution in [0.5, 0.6) is 0 Å². The van der Waals surface area contributed by atoms with E-state index in [0.29, 0.717) is 0 Å². The van der Waals surface area contributed by atoms with Gasteiger partial charge in [0.1, 0.15) is 11.4 Å². The molecule has 1 unspecified atom stereocenters. The van der Waals surface area contributed by atoms with E-state index < -0.39 is 33.3 Å². The summed E-state index contributed by atoms with van der Waals surface area (Å²) in [5.74, 6) is -2.24. The summed E-state index contributed by atoms with van der Waals surface area (Å²) in [7, 11) is -2.80. The van der Waals surface area contributed by atoms with Gasteiger partial charge >= 0.3 is 5.97 Å². The summed E-state index contributed by atoms with van der Waals surface area (Å²) >= 11 is 0. The third-order valence-corrected chi connectivity index (χ3v) is 5.65. The first-order valence-electron chi connectivity index (χ1n) is 6.02. The Hall–Kier alpha value is -1.47. The molecule has 0 aliphatic heterocycles. The van der Waals surface area contributed by atoms with Gasteiger partial charge in [-0.25, -0.2) is 12.8 Å². The van der Waals surface area contributed by atoms with Crippen LogP contribution in [0, 0.1) is 11.7 Å². The Morgan fingerprint density at radius 3 is 2.10 bits per heavy atom. The highest BCUT2D eigenvalue weighted by Crippen LogP contribution is 2.29. The number of carboxylic acid groups (broad SMARTS) is 1. The average molecular weight is 303 g/mol. The van der Waals surface area contributed by atoms with Crippen LogP contribution in [-0.4, -0.2) is 36.4 Å². The molecule has 0 aliphatic rings. The van der Waals surface area contributed by atoms with Gasteiger partial charge in [-0.2, -0.15) is 4.31 Å². The lowest BCUT2D eigenvalue weighted by Gasteiger charge is -2.37. The fraction of sp³-hybridized carbons (Fsp3) is 0.462. The maximum absolute atomic E-state index is 12.9. The van der Waals surface area contributed by atoms with Crippen LogP contribution in [0.1, 0.15) is 20.8 Å². The molecule has 1 atom stereocenters. The minimum absolute atomic E-state index is 0.144. The minimum Gasteiger partial charge on any atom is -0.480 e. The van der Waals surface area contributed by atoms with Crippen LogP contribution < -0.4 is 0 Å². The number of rotatable bonds is 5. The molecule has 0 amide bonds. The van der Waals surface area contributed by atoms with E-state index in [1.165, 1.54) is 14.0 Å². The van der Waals surface area contributed by atoms with Gasteiger partial charge < -0.3 is 5.11 Å². The van der Waals surface area contributed by atoms with Gasteiger partial charge in [-0.3, -0.25) is 4.79 Å². The second-order valence-electron chi connectivity index (χ2n) is 5.03. The van der Waals surface area contributed by atoms with Crippen LogP contribution in [0.15, 0.2) is 29.2 Å². The molecule has 0 fully saturated rings. The van der Waals surface area contributed by atoms with Crippen molar-refractivity contribution < 1.29 is 22.7 Å². The average Bonchev–Trinajstić information content (AvgIpc) is 2.36. The molecule has 0 aromatic heterocycles. The highest BCUT2D eigenvalue weighted by atomic mass is 32.2. The van der Waals surface area contributed by atoms with Crippen LogP contribution in [0.4, 0.5) is 4.39 Å². The number of likely N-dealkylation sites (N-methyl/N-ethyl adjacent to an activating group) is 1. The first-order chi connectivity index (χ1) is 9.04. The number of hydrogen-bond donors (Lipinski definition) is 1. The maximum atomic E-state index is 12.9. The Morgan fingerprint density at radius 2 is 1.75 bits per heavy atom. The summed E-state index contributed by atoms with van der Waals surface area (Å²) in [6.45, 7) is 4.61. The van der Waals surface area contributed by atoms with E-state index >= 15 is 0 Å². The summed E-state index contributed by atoms with van der Waals surface area (Å²) in [5, 5.41) is 9.36. The van der Waals surface area contributed by atoms with Crippen molar-refractivity contribution in [1.82, 2.24) is 4.31 Å². The van der Waals surface area contributed by atoms with Gasteiger partial charge in [-0.15, -0.1) is 0 Å². The van der Waals surface area contributed by atoms with Gasteiger partial charge in [0, 0.05) is 7.05 Å². The molecule has 0 saturated carbocycles. The number of carboxylic acids is 1. The second-order valence-corrected chi connectivity index (χ2v) is 7.00. The van der Waals surface area contributed by atoms with E-state index in [1.807, 2.05) is 0 Å². The molecule has 0 spiro atoms. The summed E-state index contributed by atoms with van der Waals surface area (Å²) in [5.41, 5.74) is -1.59. The van der Waals surface area contributed by atoms with Crippen LogP contribution in [0.25, 0.3) is 0 Å². The van der Waals surface area contributed by atoms with Gasteiger partial charge in [0.05, 0.1) is 4.90 Å². The highest BCUT2D eigenvalue weighted by molar-refractivity contribution is 7.89. The Morgan fingerprint density at radius 1 is 1.30 bits per heavy atom. The molecule has 0 heterocycles. The molecule has 0 bridgehead atoms. The zero-order valence-electron chi connectivity index (χ0n) is 11.8. The number of hydrogen-bond acceptors (Lipinski definition) is 3. The molecular formula is C13H18FNO4S. The molecular weight excluding hydrogens is 285 g/mol. The normalized spacial score (nSPS) is 15.3. The molecule has 20 heavy (non-hydrogen) atoms. The van der Waals surface area contributed by atoms with E-state index in [9.17, 15) is 22.7 Å². The van der Waals surface area contributed by atoms with Crippen molar-refractivity contribution in [2.75, 3.05) is 7.05 Å². The molecule has 1 rings (SSSR count). The van der Waals surface area contributed by atoms with Crippen LogP contribution in [0.2, 0.25) is 0 Å². The lowest BCUT2D eigenvalue weighted by molar-refractivity contribution is -0.149. The number of aliphatic carboxylic acids is 1. The van der Waals surface area contributed by atoms with Crippen molar-refractivity contribution in [1.29, 1.82) is 0 Å². The zero-order chi connectivity index (χ0) is 15.7. The molecule has 0 saturated heterocycles. The van der Waals surface area contributed by atoms with Crippen molar-refractivity contribution in [3.63, 3.8) is 0 Å². The first kappa shape index (κ1) is 16.6. The number of halogens is 1. The second kappa shape index (κ2) is 5.49. The molecule has 0 radical (unpaired) electrons. The summed E-state index contributed by atoms with van der Waals surface area (Å²) in [4.78, 5) is 11.3. The third-order valence-electron chi connectivity index (χ3n) is 3.68. The fourth-order valence-corrected chi connectivity index (χ4v) is 3.34. The monoisotopic (exact) mass is 303 g/mol. The fourth-order valence-electron chi connectivity index (χ4n) is 1.76. The van der Waals surface area contributed by atoms with Crippen LogP contribution in [0.3, 0.4) is 0 Å². The quantitative estimate of drug-likeness (QED) is 0.902. The Kier molecular flexibility index (Phi) is 4.55. The van der Waals surface area contributed by atoms with E-state index in [4.69, 9.17) is 0 Å². The molecule has 0 aliphatic carbocycles. The lowest BCUT2D eigenvalue weighted by atomic mass is 9.89.